The molecule has 11 heavy (non-hydrogen) atoms. The second-order valence-electron chi connectivity index (χ2n) is 1.51. The summed E-state index contributed by atoms with van der Waals surface area (Å²) in [5.74, 6) is 0.338. The van der Waals surface area contributed by atoms with Gasteiger partial charge in [0, 0.05) is 17.9 Å². The van der Waals surface area contributed by atoms with Gasteiger partial charge in [0.1, 0.15) is 0 Å². The van der Waals surface area contributed by atoms with Gasteiger partial charge in [0.25, 0.3) is 0 Å². The molecule has 0 heterocycles. The lowest BCUT2D eigenvalue weighted by Gasteiger charge is -1.88. The Morgan fingerprint density at radius 1 is 1.55 bits per heavy atom. The minimum absolute atomic E-state index is 0.275. The molecule has 0 aromatic heterocycles. The van der Waals surface area contributed by atoms with Gasteiger partial charge in [-0.15, -0.1) is 0 Å². The van der Waals surface area contributed by atoms with Crippen LogP contribution in [0.2, 0.25) is 0 Å². The van der Waals surface area contributed by atoms with Crippen LogP contribution in [0.25, 0.3) is 0 Å². The zero-order valence-corrected chi connectivity index (χ0v) is 7.96. The van der Waals surface area contributed by atoms with E-state index in [0.717, 1.165) is 5.57 Å². The molecule has 0 unspecified atom stereocenters. The van der Waals surface area contributed by atoms with Crippen LogP contribution in [-0.2, 0) is 0 Å². The Labute approximate surface area is 73.2 Å². The maximum Gasteiger partial charge on any atom is 0.0495 e. The van der Waals surface area contributed by atoms with Crippen LogP contribution in [0.1, 0.15) is 13.8 Å². The molecule has 0 aliphatic heterocycles. The van der Waals surface area contributed by atoms with Crippen LogP contribution in [0.4, 0.5) is 3.89 Å². The Hall–Kier alpha value is -0.500. The maximum atomic E-state index is 11.5. The van der Waals surface area contributed by atoms with E-state index in [1.54, 1.807) is 18.2 Å². The van der Waals surface area contributed by atoms with Crippen molar-refractivity contribution in [2.24, 2.45) is 0 Å². The van der Waals surface area contributed by atoms with Crippen LogP contribution < -0.4 is 0 Å². The summed E-state index contributed by atoms with van der Waals surface area (Å²) in [6.07, 6.45) is 5.10. The summed E-state index contributed by atoms with van der Waals surface area (Å²) in [6, 6.07) is 0. The molecule has 0 rings (SSSR count). The van der Waals surface area contributed by atoms with Crippen molar-refractivity contribution >= 4 is 12.1 Å². The normalized spacial score (nSPS) is 8.64. The van der Waals surface area contributed by atoms with Gasteiger partial charge in [-0.05, 0) is 5.57 Å². The summed E-state index contributed by atoms with van der Waals surface area (Å²) in [7, 11) is 0. The molecule has 0 aliphatic carbocycles. The number of hydrogen-bond donors (Lipinski definition) is 0. The summed E-state index contributed by atoms with van der Waals surface area (Å²) in [5, 5.41) is 0. The second kappa shape index (κ2) is 12.2. The fourth-order valence-corrected chi connectivity index (χ4v) is 0.559. The van der Waals surface area contributed by atoms with Crippen molar-refractivity contribution in [3.8, 4) is 0 Å². The minimum Gasteiger partial charge on any atom is -0.165 e. The van der Waals surface area contributed by atoms with E-state index in [1.165, 1.54) is 0 Å². The second-order valence-corrected chi connectivity index (χ2v) is 2.01. The van der Waals surface area contributed by atoms with Crippen LogP contribution in [-0.4, -0.2) is 5.75 Å². The quantitative estimate of drug-likeness (QED) is 0.582. The van der Waals surface area contributed by atoms with Gasteiger partial charge in [-0.3, -0.25) is 0 Å². The average molecular weight is 174 g/mol. The first kappa shape index (κ1) is 13.1. The van der Waals surface area contributed by atoms with Gasteiger partial charge in [-0.2, -0.15) is 3.89 Å². The Morgan fingerprint density at radius 2 is 2.09 bits per heavy atom. The third-order valence-corrected chi connectivity index (χ3v) is 1.19. The smallest absolute Gasteiger partial charge is 0.0495 e. The molecule has 0 bridgehead atoms. The monoisotopic (exact) mass is 174 g/mol. The first-order valence-electron chi connectivity index (χ1n) is 3.51. The summed E-state index contributed by atoms with van der Waals surface area (Å²) < 4.78 is 11.5. The van der Waals surface area contributed by atoms with Crippen molar-refractivity contribution in [3.63, 3.8) is 0 Å². The summed E-state index contributed by atoms with van der Waals surface area (Å²) in [4.78, 5) is 0. The fourth-order valence-electron chi connectivity index (χ4n) is 0.322. The van der Waals surface area contributed by atoms with Crippen molar-refractivity contribution < 1.29 is 3.89 Å². The van der Waals surface area contributed by atoms with Crippen LogP contribution in [0.3, 0.4) is 0 Å². The van der Waals surface area contributed by atoms with E-state index >= 15 is 0 Å². The molecule has 0 aromatic carbocycles. The molecule has 0 amide bonds. The third kappa shape index (κ3) is 12.6. The van der Waals surface area contributed by atoms with Gasteiger partial charge < -0.3 is 0 Å². The zero-order valence-electron chi connectivity index (χ0n) is 7.14. The van der Waals surface area contributed by atoms with Crippen molar-refractivity contribution in [2.45, 2.75) is 13.8 Å². The topological polar surface area (TPSA) is 0 Å². The number of hydrogen-bond acceptors (Lipinski definition) is 1. The van der Waals surface area contributed by atoms with E-state index < -0.39 is 0 Å². The lowest BCUT2D eigenvalue weighted by molar-refractivity contribution is 0.938. The Bertz CT molecular complexity index is 128. The summed E-state index contributed by atoms with van der Waals surface area (Å²) in [6.45, 7) is 11.1. The molecule has 0 saturated carbocycles. The molecule has 0 fully saturated rings. The molecular formula is C9H15FS. The van der Waals surface area contributed by atoms with E-state index in [9.17, 15) is 3.89 Å². The van der Waals surface area contributed by atoms with Crippen LogP contribution >= 0.6 is 12.1 Å². The Balaban J connectivity index is 0. The highest BCUT2D eigenvalue weighted by atomic mass is 32.2. The van der Waals surface area contributed by atoms with Crippen LogP contribution in [0, 0.1) is 0 Å². The van der Waals surface area contributed by atoms with E-state index in [1.807, 2.05) is 13.8 Å². The molecule has 0 radical (unpaired) electrons. The molecule has 64 valence electrons. The van der Waals surface area contributed by atoms with Crippen molar-refractivity contribution in [1.82, 2.24) is 0 Å². The molecule has 0 aliphatic rings. The molecule has 0 nitrogen and oxygen atoms in total. The molecule has 0 saturated heterocycles. The minimum atomic E-state index is 0.275. The number of allylic oxidation sites excluding steroid dienone is 3. The third-order valence-electron chi connectivity index (χ3n) is 0.708. The van der Waals surface area contributed by atoms with Gasteiger partial charge in [0.05, 0.1) is 0 Å². The Morgan fingerprint density at radius 3 is 2.45 bits per heavy atom. The van der Waals surface area contributed by atoms with Crippen molar-refractivity contribution in [1.29, 1.82) is 0 Å². The predicted molar refractivity (Wildman–Crippen MR) is 53.4 cm³/mol. The average Bonchev–Trinajstić information content (AvgIpc) is 2.05. The number of rotatable bonds is 4. The van der Waals surface area contributed by atoms with Crippen molar-refractivity contribution in [3.05, 3.63) is 37.0 Å². The molecular weight excluding hydrogens is 159 g/mol. The SMILES string of the molecule is C=C/C=C\C(=C)CSF.CC. The lowest BCUT2D eigenvalue weighted by atomic mass is 10.3. The van der Waals surface area contributed by atoms with E-state index in [0.29, 0.717) is 5.75 Å². The molecule has 0 N–H and O–H groups in total. The standard InChI is InChI=1S/C7H9FS.C2H6/c1-3-4-5-7(2)6-9-8;1-2/h3-5H,1-2,6H2;1-2H3/b5-4-;. The zero-order chi connectivity index (χ0) is 9.11. The van der Waals surface area contributed by atoms with Gasteiger partial charge in [0.15, 0.2) is 0 Å². The molecule has 0 aromatic rings. The summed E-state index contributed by atoms with van der Waals surface area (Å²) in [5.41, 5.74) is 0.766. The van der Waals surface area contributed by atoms with E-state index in [2.05, 4.69) is 13.2 Å². The maximum absolute atomic E-state index is 11.5. The van der Waals surface area contributed by atoms with Crippen molar-refractivity contribution in [2.75, 3.05) is 5.75 Å². The lowest BCUT2D eigenvalue weighted by Crippen LogP contribution is -1.74. The van der Waals surface area contributed by atoms with Gasteiger partial charge in [0.2, 0.25) is 0 Å². The van der Waals surface area contributed by atoms with Gasteiger partial charge in [-0.1, -0.05) is 45.2 Å². The number of halogens is 1. The van der Waals surface area contributed by atoms with E-state index in [-0.39, 0.29) is 12.1 Å². The molecule has 0 spiro atoms. The fraction of sp³-hybridized carbons (Fsp3) is 0.333. The van der Waals surface area contributed by atoms with Crippen LogP contribution in [0.5, 0.6) is 0 Å². The predicted octanol–water partition coefficient (Wildman–Crippen LogP) is 3.93. The largest absolute Gasteiger partial charge is 0.165 e. The highest BCUT2D eigenvalue weighted by Crippen LogP contribution is 2.06. The highest BCUT2D eigenvalue weighted by Gasteiger charge is 1.85. The highest BCUT2D eigenvalue weighted by molar-refractivity contribution is 7.94. The first-order valence-corrected chi connectivity index (χ1v) is 4.40. The Kier molecular flexibility index (Phi) is 14.5. The van der Waals surface area contributed by atoms with Gasteiger partial charge in [-0.25, -0.2) is 0 Å². The molecule has 0 atom stereocenters. The molecule has 2 heteroatoms. The van der Waals surface area contributed by atoms with Crippen LogP contribution in [0.15, 0.2) is 37.0 Å². The first-order chi connectivity index (χ1) is 5.31. The summed E-state index contributed by atoms with van der Waals surface area (Å²) >= 11 is 0.275. The van der Waals surface area contributed by atoms with E-state index in [4.69, 9.17) is 0 Å². The van der Waals surface area contributed by atoms with Gasteiger partial charge >= 0.3 is 0 Å².